The van der Waals surface area contributed by atoms with Gasteiger partial charge in [-0.15, -0.1) is 10.2 Å². The Morgan fingerprint density at radius 3 is 2.48 bits per heavy atom. The zero-order chi connectivity index (χ0) is 30.6. The average molecular weight is 674 g/mol. The van der Waals surface area contributed by atoms with E-state index in [0.717, 1.165) is 26.9 Å². The Labute approximate surface area is 265 Å². The summed E-state index contributed by atoms with van der Waals surface area (Å²) in [7, 11) is 0. The molecule has 9 nitrogen and oxygen atoms in total. The van der Waals surface area contributed by atoms with Crippen LogP contribution in [0.1, 0.15) is 45.5 Å². The molecular formula is C32H26BrFN6O3S. The van der Waals surface area contributed by atoms with Gasteiger partial charge in [-0.3, -0.25) is 14.2 Å². The molecule has 222 valence electrons. The van der Waals surface area contributed by atoms with Crippen molar-refractivity contribution in [3.8, 4) is 5.69 Å². The van der Waals surface area contributed by atoms with E-state index in [4.69, 9.17) is 9.52 Å². The minimum Gasteiger partial charge on any atom is -0.459 e. The number of carbonyl (C=O) groups excluding carboxylic acids is 2. The monoisotopic (exact) mass is 672 g/mol. The van der Waals surface area contributed by atoms with Gasteiger partial charge in [0.05, 0.1) is 30.3 Å². The van der Waals surface area contributed by atoms with Gasteiger partial charge in [0.1, 0.15) is 5.82 Å². The lowest BCUT2D eigenvalue weighted by Gasteiger charge is -2.22. The Balaban J connectivity index is 1.25. The number of nitrogens with zero attached hydrogens (tertiary/aromatic N) is 5. The maximum atomic E-state index is 13.8. The van der Waals surface area contributed by atoms with Crippen molar-refractivity contribution in [2.75, 3.05) is 5.75 Å². The van der Waals surface area contributed by atoms with E-state index < -0.39 is 11.7 Å². The standard InChI is InChI=1S/C32H26BrFN6O3S/c1-20-4-6-22(7-5-20)27-17-26(21-8-10-23(33)11-9-21)38-40(27)30(41)19-44-32-37-36-29(18-35-31(42)28-3-2-16-43-28)39(32)25-14-12-24(34)13-15-25/h2-16,27H,17-19H2,1H3,(H,35,42). The lowest BCUT2D eigenvalue weighted by molar-refractivity contribution is -0.130. The summed E-state index contributed by atoms with van der Waals surface area (Å²) < 4.78 is 21.6. The zero-order valence-electron chi connectivity index (χ0n) is 23.5. The molecule has 0 radical (unpaired) electrons. The van der Waals surface area contributed by atoms with Crippen molar-refractivity contribution in [3.05, 3.63) is 130 Å². The number of halogens is 2. The van der Waals surface area contributed by atoms with Gasteiger partial charge in [-0.25, -0.2) is 9.40 Å². The second-order valence-electron chi connectivity index (χ2n) is 10.1. The molecule has 0 spiro atoms. The summed E-state index contributed by atoms with van der Waals surface area (Å²) >= 11 is 4.67. The molecule has 3 heterocycles. The maximum absolute atomic E-state index is 13.8. The van der Waals surface area contributed by atoms with Gasteiger partial charge in [-0.05, 0) is 66.6 Å². The van der Waals surface area contributed by atoms with Crippen molar-refractivity contribution < 1.29 is 18.4 Å². The summed E-state index contributed by atoms with van der Waals surface area (Å²) in [6, 6.07) is 24.7. The van der Waals surface area contributed by atoms with Gasteiger partial charge >= 0.3 is 0 Å². The first-order valence-electron chi connectivity index (χ1n) is 13.7. The van der Waals surface area contributed by atoms with Gasteiger partial charge in [0.15, 0.2) is 16.7 Å². The zero-order valence-corrected chi connectivity index (χ0v) is 25.9. The van der Waals surface area contributed by atoms with Crippen LogP contribution in [-0.2, 0) is 11.3 Å². The third kappa shape index (κ3) is 6.51. The minimum absolute atomic E-state index is 0.0254. The van der Waals surface area contributed by atoms with Crippen molar-refractivity contribution in [1.82, 2.24) is 25.1 Å². The fourth-order valence-corrected chi connectivity index (χ4v) is 5.90. The molecule has 2 amide bonds. The highest BCUT2D eigenvalue weighted by molar-refractivity contribution is 9.10. The molecule has 0 saturated carbocycles. The van der Waals surface area contributed by atoms with Crippen molar-refractivity contribution in [3.63, 3.8) is 0 Å². The van der Waals surface area contributed by atoms with Crippen molar-refractivity contribution in [1.29, 1.82) is 0 Å². The molecule has 1 aliphatic heterocycles. The molecule has 0 bridgehead atoms. The average Bonchev–Trinajstić information content (AvgIpc) is 3.81. The fourth-order valence-electron chi connectivity index (χ4n) is 4.81. The number of nitrogens with one attached hydrogen (secondary N) is 1. The number of benzene rings is 3. The molecule has 0 aliphatic carbocycles. The van der Waals surface area contributed by atoms with Crippen LogP contribution in [0.4, 0.5) is 4.39 Å². The largest absolute Gasteiger partial charge is 0.459 e. The van der Waals surface area contributed by atoms with Crippen molar-refractivity contribution >= 4 is 45.2 Å². The quantitative estimate of drug-likeness (QED) is 0.180. The Bertz CT molecular complexity index is 1810. The number of furan rings is 1. The predicted molar refractivity (Wildman–Crippen MR) is 168 cm³/mol. The van der Waals surface area contributed by atoms with Crippen LogP contribution in [0.3, 0.4) is 0 Å². The molecule has 3 aromatic carbocycles. The van der Waals surface area contributed by atoms with E-state index in [-0.39, 0.29) is 30.0 Å². The number of thioether (sulfide) groups is 1. The van der Waals surface area contributed by atoms with Crippen molar-refractivity contribution in [2.45, 2.75) is 31.1 Å². The lowest BCUT2D eigenvalue weighted by atomic mass is 9.98. The van der Waals surface area contributed by atoms with Gasteiger partial charge in [0.2, 0.25) is 0 Å². The van der Waals surface area contributed by atoms with Crippen LogP contribution in [0.15, 0.2) is 110 Å². The highest BCUT2D eigenvalue weighted by atomic mass is 79.9. The van der Waals surface area contributed by atoms with E-state index >= 15 is 0 Å². The van der Waals surface area contributed by atoms with E-state index in [1.54, 1.807) is 33.8 Å². The first kappa shape index (κ1) is 29.5. The lowest BCUT2D eigenvalue weighted by Crippen LogP contribution is -2.28. The van der Waals surface area contributed by atoms with Crippen molar-refractivity contribution in [2.24, 2.45) is 5.10 Å². The van der Waals surface area contributed by atoms with E-state index in [1.165, 1.54) is 30.2 Å². The highest BCUT2D eigenvalue weighted by Gasteiger charge is 2.33. The molecule has 1 atom stereocenters. The Kier molecular flexibility index (Phi) is 8.71. The maximum Gasteiger partial charge on any atom is 0.287 e. The molecule has 1 N–H and O–H groups in total. The minimum atomic E-state index is -0.413. The third-order valence-electron chi connectivity index (χ3n) is 7.07. The highest BCUT2D eigenvalue weighted by Crippen LogP contribution is 2.34. The molecule has 5 aromatic rings. The number of rotatable bonds is 9. The molecule has 44 heavy (non-hydrogen) atoms. The van der Waals surface area contributed by atoms with Crippen LogP contribution in [0.2, 0.25) is 0 Å². The number of hydrazone groups is 1. The molecule has 12 heteroatoms. The van der Waals surface area contributed by atoms with E-state index in [2.05, 4.69) is 31.4 Å². The summed E-state index contributed by atoms with van der Waals surface area (Å²) in [5.74, 6) is -0.417. The number of amides is 2. The molecule has 0 fully saturated rings. The second kappa shape index (κ2) is 13.0. The topological polar surface area (TPSA) is 106 Å². The van der Waals surface area contributed by atoms with E-state index in [0.29, 0.717) is 23.1 Å². The van der Waals surface area contributed by atoms with Crippen LogP contribution in [0.25, 0.3) is 5.69 Å². The number of aryl methyl sites for hydroxylation is 1. The Morgan fingerprint density at radius 2 is 1.77 bits per heavy atom. The second-order valence-corrected chi connectivity index (χ2v) is 11.9. The van der Waals surface area contributed by atoms with Gasteiger partial charge in [-0.2, -0.15) is 5.10 Å². The number of hydrogen-bond acceptors (Lipinski definition) is 7. The summed E-state index contributed by atoms with van der Waals surface area (Å²) in [5, 5.41) is 18.1. The predicted octanol–water partition coefficient (Wildman–Crippen LogP) is 6.47. The van der Waals surface area contributed by atoms with E-state index in [1.807, 2.05) is 55.5 Å². The molecule has 6 rings (SSSR count). The molecule has 2 aromatic heterocycles. The molecule has 1 aliphatic rings. The number of hydrogen-bond donors (Lipinski definition) is 1. The molecular weight excluding hydrogens is 647 g/mol. The van der Waals surface area contributed by atoms with Crippen LogP contribution in [-0.4, -0.2) is 43.1 Å². The molecule has 1 unspecified atom stereocenters. The van der Waals surface area contributed by atoms with Crippen LogP contribution >= 0.6 is 27.7 Å². The summed E-state index contributed by atoms with van der Waals surface area (Å²) in [4.78, 5) is 26.2. The van der Waals surface area contributed by atoms with Gasteiger partial charge in [0, 0.05) is 16.6 Å². The third-order valence-corrected chi connectivity index (χ3v) is 8.51. The molecule has 0 saturated heterocycles. The number of aromatic nitrogens is 3. The normalized spacial score (nSPS) is 14.5. The first-order chi connectivity index (χ1) is 21.4. The Hall–Kier alpha value is -4.55. The summed E-state index contributed by atoms with van der Waals surface area (Å²) in [6.07, 6.45) is 1.99. The SMILES string of the molecule is Cc1ccc(C2CC(c3ccc(Br)cc3)=NN2C(=O)CSc2nnc(CNC(=O)c3ccco3)n2-c2ccc(F)cc2)cc1. The van der Waals surface area contributed by atoms with Crippen LogP contribution in [0, 0.1) is 12.7 Å². The Morgan fingerprint density at radius 1 is 1.02 bits per heavy atom. The van der Waals surface area contributed by atoms with Crippen LogP contribution in [0.5, 0.6) is 0 Å². The number of carbonyl (C=O) groups is 2. The van der Waals surface area contributed by atoms with Gasteiger partial charge in [-0.1, -0.05) is 69.7 Å². The smallest absolute Gasteiger partial charge is 0.287 e. The van der Waals surface area contributed by atoms with Gasteiger partial charge < -0.3 is 9.73 Å². The van der Waals surface area contributed by atoms with Gasteiger partial charge in [0.25, 0.3) is 11.8 Å². The summed E-state index contributed by atoms with van der Waals surface area (Å²) in [5.41, 5.74) is 4.48. The van der Waals surface area contributed by atoms with E-state index in [9.17, 15) is 14.0 Å². The van der Waals surface area contributed by atoms with Crippen LogP contribution < -0.4 is 5.32 Å². The fraction of sp³-hybridized carbons (Fsp3) is 0.156. The first-order valence-corrected chi connectivity index (χ1v) is 15.5. The summed E-state index contributed by atoms with van der Waals surface area (Å²) in [6.45, 7) is 2.05.